The Bertz CT molecular complexity index is 664. The molecule has 0 atom stereocenters. The Morgan fingerprint density at radius 2 is 2.30 bits per heavy atom. The number of carbonyl (C=O) groups is 1. The topological polar surface area (TPSA) is 63.0 Å². The zero-order valence-corrected chi connectivity index (χ0v) is 12.6. The Kier molecular flexibility index (Phi) is 4.66. The highest BCUT2D eigenvalue weighted by molar-refractivity contribution is 7.14. The van der Waals surface area contributed by atoms with Crippen molar-refractivity contribution in [2.45, 2.75) is 20.0 Å². The van der Waals surface area contributed by atoms with E-state index in [0.717, 1.165) is 10.6 Å². The number of thiazole rings is 1. The van der Waals surface area contributed by atoms with Gasteiger partial charge in [-0.15, -0.1) is 11.3 Å². The highest BCUT2D eigenvalue weighted by Gasteiger charge is 2.13. The summed E-state index contributed by atoms with van der Waals surface area (Å²) >= 11 is 3.07. The molecule has 0 saturated heterocycles. The van der Waals surface area contributed by atoms with E-state index in [1.54, 1.807) is 25.2 Å². The van der Waals surface area contributed by atoms with Crippen molar-refractivity contribution in [1.29, 1.82) is 5.26 Å². The number of esters is 1. The molecule has 0 amide bonds. The lowest BCUT2D eigenvalue weighted by Crippen LogP contribution is -2.12. The monoisotopic (exact) mass is 304 g/mol. The van der Waals surface area contributed by atoms with E-state index in [0.29, 0.717) is 5.69 Å². The fourth-order valence-electron chi connectivity index (χ4n) is 1.43. The largest absolute Gasteiger partial charge is 0.459 e. The zero-order chi connectivity index (χ0) is 14.5. The number of hydrogen-bond donors (Lipinski definition) is 0. The normalized spacial score (nSPS) is 11.4. The van der Waals surface area contributed by atoms with Crippen molar-refractivity contribution in [3.05, 3.63) is 33.5 Å². The van der Waals surface area contributed by atoms with Gasteiger partial charge in [0.2, 0.25) is 0 Å². The van der Waals surface area contributed by atoms with Crippen LogP contribution in [-0.2, 0) is 9.53 Å². The summed E-state index contributed by atoms with van der Waals surface area (Å²) in [6.07, 6.45) is 1.20. The first-order valence-corrected chi connectivity index (χ1v) is 7.73. The molecule has 102 valence electrons. The van der Waals surface area contributed by atoms with Gasteiger partial charge in [-0.3, -0.25) is 0 Å². The third kappa shape index (κ3) is 3.53. The Morgan fingerprint density at radius 1 is 1.50 bits per heavy atom. The Balaban J connectivity index is 2.21. The lowest BCUT2D eigenvalue weighted by Gasteiger charge is -2.05. The van der Waals surface area contributed by atoms with Crippen molar-refractivity contribution in [1.82, 2.24) is 4.98 Å². The molecule has 2 aromatic rings. The fourth-order valence-corrected chi connectivity index (χ4v) is 2.92. The summed E-state index contributed by atoms with van der Waals surface area (Å²) in [4.78, 5) is 16.1. The lowest BCUT2D eigenvalue weighted by molar-refractivity contribution is -0.142. The molecule has 0 radical (unpaired) electrons. The first-order chi connectivity index (χ1) is 9.60. The first-order valence-electron chi connectivity index (χ1n) is 5.91. The maximum Gasteiger partial charge on any atom is 0.349 e. The van der Waals surface area contributed by atoms with E-state index in [2.05, 4.69) is 4.98 Å². The van der Waals surface area contributed by atoms with Crippen LogP contribution in [0.1, 0.15) is 19.5 Å². The molecule has 0 N–H and O–H groups in total. The summed E-state index contributed by atoms with van der Waals surface area (Å²) in [5.41, 5.74) is 1.59. The van der Waals surface area contributed by atoms with Crippen LogP contribution in [0.15, 0.2) is 27.8 Å². The summed E-state index contributed by atoms with van der Waals surface area (Å²) < 4.78 is 5.00. The van der Waals surface area contributed by atoms with Crippen molar-refractivity contribution >= 4 is 34.7 Å². The van der Waals surface area contributed by atoms with Crippen LogP contribution in [0.3, 0.4) is 0 Å². The minimum absolute atomic E-state index is 0.0409. The third-order valence-corrected chi connectivity index (χ3v) is 3.86. The highest BCUT2D eigenvalue weighted by Crippen LogP contribution is 2.26. The van der Waals surface area contributed by atoms with Crippen LogP contribution in [0, 0.1) is 11.3 Å². The number of carbonyl (C=O) groups excluding carboxylic acids is 1. The molecule has 2 aromatic heterocycles. The number of thiophene rings is 1. The average molecular weight is 304 g/mol. The number of nitriles is 1. The highest BCUT2D eigenvalue weighted by atomic mass is 32.1. The van der Waals surface area contributed by atoms with Crippen molar-refractivity contribution in [2.24, 2.45) is 0 Å². The van der Waals surface area contributed by atoms with Crippen LogP contribution in [0.5, 0.6) is 0 Å². The molecular weight excluding hydrogens is 292 g/mol. The van der Waals surface area contributed by atoms with Gasteiger partial charge in [0.1, 0.15) is 16.6 Å². The van der Waals surface area contributed by atoms with Crippen LogP contribution in [-0.4, -0.2) is 17.1 Å². The summed E-state index contributed by atoms with van der Waals surface area (Å²) in [5, 5.41) is 15.7. The molecule has 0 bridgehead atoms. The molecule has 4 nitrogen and oxygen atoms in total. The van der Waals surface area contributed by atoms with Crippen LogP contribution >= 0.6 is 22.7 Å². The van der Waals surface area contributed by atoms with E-state index in [-0.39, 0.29) is 11.7 Å². The number of ether oxygens (including phenoxy) is 1. The minimum atomic E-state index is -0.618. The zero-order valence-electron chi connectivity index (χ0n) is 11.0. The maximum absolute atomic E-state index is 11.7. The van der Waals surface area contributed by atoms with Crippen LogP contribution in [0.2, 0.25) is 0 Å². The maximum atomic E-state index is 11.7. The average Bonchev–Trinajstić information content (AvgIpc) is 3.05. The van der Waals surface area contributed by atoms with Crippen molar-refractivity contribution in [2.75, 3.05) is 0 Å². The summed E-state index contributed by atoms with van der Waals surface area (Å²) in [6, 6.07) is 3.83. The molecule has 0 aliphatic rings. The standard InChI is InChI=1S/C14H12N2O2S2/c1-9(2)18-14(17)11(6-15)5-12-8-20-13(16-12)10-3-4-19-7-10/h3-5,7-9H,1-2H3/b11-5-. The van der Waals surface area contributed by atoms with Crippen LogP contribution in [0.4, 0.5) is 0 Å². The Hall–Kier alpha value is -1.97. The van der Waals surface area contributed by atoms with E-state index < -0.39 is 5.97 Å². The third-order valence-electron chi connectivity index (χ3n) is 2.27. The molecular formula is C14H12N2O2S2. The van der Waals surface area contributed by atoms with E-state index in [4.69, 9.17) is 10.00 Å². The predicted molar refractivity (Wildman–Crippen MR) is 80.2 cm³/mol. The van der Waals surface area contributed by atoms with Crippen LogP contribution < -0.4 is 0 Å². The summed E-state index contributed by atoms with van der Waals surface area (Å²) in [7, 11) is 0. The molecule has 6 heteroatoms. The number of rotatable bonds is 4. The van der Waals surface area contributed by atoms with Gasteiger partial charge in [0.25, 0.3) is 0 Å². The molecule has 0 aromatic carbocycles. The minimum Gasteiger partial charge on any atom is -0.459 e. The number of aromatic nitrogens is 1. The van der Waals surface area contributed by atoms with Gasteiger partial charge in [-0.2, -0.15) is 16.6 Å². The van der Waals surface area contributed by atoms with Gasteiger partial charge in [0.15, 0.2) is 0 Å². The second-order valence-corrected chi connectivity index (χ2v) is 5.85. The van der Waals surface area contributed by atoms with Gasteiger partial charge < -0.3 is 4.74 Å². The van der Waals surface area contributed by atoms with Crippen molar-refractivity contribution in [3.63, 3.8) is 0 Å². The summed E-state index contributed by atoms with van der Waals surface area (Å²) in [5.74, 6) is -0.618. The number of nitrogens with zero attached hydrogens (tertiary/aromatic N) is 2. The second kappa shape index (κ2) is 6.46. The van der Waals surface area contributed by atoms with E-state index in [1.807, 2.05) is 28.3 Å². The second-order valence-electron chi connectivity index (χ2n) is 4.21. The fraction of sp³-hybridized carbons (Fsp3) is 0.214. The predicted octanol–water partition coefficient (Wildman–Crippen LogP) is 3.73. The molecule has 0 spiro atoms. The van der Waals surface area contributed by atoms with Gasteiger partial charge in [-0.1, -0.05) is 0 Å². The SMILES string of the molecule is CC(C)OC(=O)/C(C#N)=C\c1csc(-c2ccsc2)n1. The molecule has 2 heterocycles. The molecule has 2 rings (SSSR count). The first kappa shape index (κ1) is 14.4. The van der Waals surface area contributed by atoms with E-state index in [1.165, 1.54) is 17.4 Å². The Labute approximate surface area is 125 Å². The molecule has 0 fully saturated rings. The van der Waals surface area contributed by atoms with Gasteiger partial charge in [0.05, 0.1) is 11.8 Å². The quantitative estimate of drug-likeness (QED) is 0.490. The lowest BCUT2D eigenvalue weighted by atomic mass is 10.2. The van der Waals surface area contributed by atoms with Gasteiger partial charge in [-0.05, 0) is 31.4 Å². The smallest absolute Gasteiger partial charge is 0.349 e. The van der Waals surface area contributed by atoms with E-state index >= 15 is 0 Å². The molecule has 20 heavy (non-hydrogen) atoms. The number of hydrogen-bond acceptors (Lipinski definition) is 6. The van der Waals surface area contributed by atoms with Crippen LogP contribution in [0.25, 0.3) is 16.6 Å². The van der Waals surface area contributed by atoms with Gasteiger partial charge in [-0.25, -0.2) is 9.78 Å². The van der Waals surface area contributed by atoms with Gasteiger partial charge in [0, 0.05) is 16.3 Å². The van der Waals surface area contributed by atoms with Gasteiger partial charge >= 0.3 is 5.97 Å². The Morgan fingerprint density at radius 3 is 2.90 bits per heavy atom. The van der Waals surface area contributed by atoms with E-state index in [9.17, 15) is 4.79 Å². The van der Waals surface area contributed by atoms with Crippen molar-refractivity contribution < 1.29 is 9.53 Å². The molecule has 0 aliphatic carbocycles. The molecule has 0 unspecified atom stereocenters. The molecule has 0 saturated carbocycles. The van der Waals surface area contributed by atoms with Crippen molar-refractivity contribution in [3.8, 4) is 16.6 Å². The molecule has 0 aliphatic heterocycles. The summed E-state index contributed by atoms with van der Waals surface area (Å²) in [6.45, 7) is 3.48.